The summed E-state index contributed by atoms with van der Waals surface area (Å²) in [7, 11) is 3.33. The maximum atomic E-state index is 13.5. The molecule has 2 rings (SSSR count). The first-order valence-electron chi connectivity index (χ1n) is 7.12. The van der Waals surface area contributed by atoms with E-state index in [0.29, 0.717) is 24.1 Å². The molecule has 0 aliphatic carbocycles. The molecule has 1 aromatic rings. The molecule has 2 unspecified atom stereocenters. The minimum Gasteiger partial charge on any atom is -0.377 e. The summed E-state index contributed by atoms with van der Waals surface area (Å²) in [5.74, 6) is -0.371. The van der Waals surface area contributed by atoms with Crippen LogP contribution in [0.15, 0.2) is 18.2 Å². The number of halogens is 1. The Bertz CT molecular complexity index is 494. The van der Waals surface area contributed by atoms with Crippen LogP contribution in [-0.2, 0) is 9.47 Å². The van der Waals surface area contributed by atoms with Gasteiger partial charge in [-0.3, -0.25) is 9.69 Å². The van der Waals surface area contributed by atoms with Crippen LogP contribution >= 0.6 is 0 Å². The number of rotatable bonds is 6. The van der Waals surface area contributed by atoms with Gasteiger partial charge in [-0.1, -0.05) is 12.1 Å². The largest absolute Gasteiger partial charge is 0.377 e. The summed E-state index contributed by atoms with van der Waals surface area (Å²) in [6.07, 6.45) is 0.457. The fraction of sp³-hybridized carbons (Fsp3) is 0.562. The van der Waals surface area contributed by atoms with Crippen molar-refractivity contribution < 1.29 is 18.7 Å². The maximum absolute atomic E-state index is 13.5. The van der Waals surface area contributed by atoms with Gasteiger partial charge in [-0.15, -0.1) is 0 Å². The molecule has 1 heterocycles. The van der Waals surface area contributed by atoms with Gasteiger partial charge in [0.15, 0.2) is 5.78 Å². The van der Waals surface area contributed by atoms with E-state index < -0.39 is 0 Å². The zero-order chi connectivity index (χ0) is 15.4. The Hall–Kier alpha value is -1.30. The second-order valence-electron chi connectivity index (χ2n) is 5.45. The highest BCUT2D eigenvalue weighted by Gasteiger charge is 2.32. The summed E-state index contributed by atoms with van der Waals surface area (Å²) in [5.41, 5.74) is 0.987. The van der Waals surface area contributed by atoms with E-state index in [2.05, 4.69) is 4.90 Å². The van der Waals surface area contributed by atoms with Crippen molar-refractivity contribution in [2.75, 3.05) is 33.9 Å². The molecule has 0 radical (unpaired) electrons. The number of carbonyl (C=O) groups excluding carboxylic acids is 1. The molecular weight excluding hydrogens is 273 g/mol. The van der Waals surface area contributed by atoms with E-state index in [4.69, 9.17) is 9.47 Å². The highest BCUT2D eigenvalue weighted by Crippen LogP contribution is 2.17. The van der Waals surface area contributed by atoms with Gasteiger partial charge in [-0.25, -0.2) is 4.39 Å². The highest BCUT2D eigenvalue weighted by atomic mass is 19.1. The summed E-state index contributed by atoms with van der Waals surface area (Å²) in [6.45, 7) is 3.83. The molecule has 0 aromatic heterocycles. The van der Waals surface area contributed by atoms with Crippen molar-refractivity contribution in [1.29, 1.82) is 0 Å². The SMILES string of the molecule is COC1CN(CCC(=O)c2ccc(C)c(F)c2)CC1OC. The van der Waals surface area contributed by atoms with Gasteiger partial charge >= 0.3 is 0 Å². The maximum Gasteiger partial charge on any atom is 0.164 e. The number of likely N-dealkylation sites (tertiary alicyclic amines) is 1. The third-order valence-electron chi connectivity index (χ3n) is 4.05. The fourth-order valence-electron chi connectivity index (χ4n) is 2.62. The van der Waals surface area contributed by atoms with Crippen LogP contribution in [0.4, 0.5) is 4.39 Å². The molecule has 0 N–H and O–H groups in total. The Kier molecular flexibility index (Phi) is 5.45. The summed E-state index contributed by atoms with van der Waals surface area (Å²) in [6, 6.07) is 4.64. The third-order valence-corrected chi connectivity index (χ3v) is 4.05. The fourth-order valence-corrected chi connectivity index (χ4v) is 2.62. The predicted octanol–water partition coefficient (Wildman–Crippen LogP) is 2.05. The van der Waals surface area contributed by atoms with E-state index in [1.807, 2.05) is 0 Å². The first kappa shape index (κ1) is 16.1. The van der Waals surface area contributed by atoms with Crippen LogP contribution in [-0.4, -0.2) is 56.7 Å². The monoisotopic (exact) mass is 295 g/mol. The highest BCUT2D eigenvalue weighted by molar-refractivity contribution is 5.96. The van der Waals surface area contributed by atoms with Crippen molar-refractivity contribution in [2.45, 2.75) is 25.6 Å². The Morgan fingerprint density at radius 2 is 1.90 bits per heavy atom. The summed E-state index contributed by atoms with van der Waals surface area (Å²) in [5, 5.41) is 0. The number of hydrogen-bond acceptors (Lipinski definition) is 4. The number of methoxy groups -OCH3 is 2. The molecule has 1 fully saturated rings. The second kappa shape index (κ2) is 7.11. The number of nitrogens with zero attached hydrogens (tertiary/aromatic N) is 1. The molecule has 116 valence electrons. The Labute approximate surface area is 124 Å². The lowest BCUT2D eigenvalue weighted by atomic mass is 10.1. The van der Waals surface area contributed by atoms with E-state index in [1.165, 1.54) is 6.07 Å². The second-order valence-corrected chi connectivity index (χ2v) is 5.45. The number of aryl methyl sites for hydroxylation is 1. The summed E-state index contributed by atoms with van der Waals surface area (Å²) in [4.78, 5) is 14.3. The molecule has 1 saturated heterocycles. The molecule has 1 aromatic carbocycles. The number of benzene rings is 1. The quantitative estimate of drug-likeness (QED) is 0.753. The van der Waals surface area contributed by atoms with Gasteiger partial charge in [-0.2, -0.15) is 0 Å². The van der Waals surface area contributed by atoms with E-state index >= 15 is 0 Å². The van der Waals surface area contributed by atoms with Crippen LogP contribution in [0.5, 0.6) is 0 Å². The van der Waals surface area contributed by atoms with Gasteiger partial charge in [0.2, 0.25) is 0 Å². The predicted molar refractivity (Wildman–Crippen MR) is 78.1 cm³/mol. The van der Waals surface area contributed by atoms with Gasteiger partial charge in [0.1, 0.15) is 5.82 Å². The Balaban J connectivity index is 1.88. The van der Waals surface area contributed by atoms with Crippen LogP contribution in [0.1, 0.15) is 22.3 Å². The number of ether oxygens (including phenoxy) is 2. The lowest BCUT2D eigenvalue weighted by Gasteiger charge is -2.14. The molecular formula is C16H22FNO3. The number of ketones is 1. The summed E-state index contributed by atoms with van der Waals surface area (Å²) < 4.78 is 24.2. The van der Waals surface area contributed by atoms with Gasteiger partial charge in [0, 0.05) is 45.8 Å². The Morgan fingerprint density at radius 3 is 2.43 bits per heavy atom. The van der Waals surface area contributed by atoms with E-state index in [1.54, 1.807) is 33.3 Å². The van der Waals surface area contributed by atoms with Crippen LogP contribution in [0.3, 0.4) is 0 Å². The molecule has 1 aliphatic rings. The van der Waals surface area contributed by atoms with Crippen molar-refractivity contribution in [3.8, 4) is 0 Å². The smallest absolute Gasteiger partial charge is 0.164 e. The zero-order valence-electron chi connectivity index (χ0n) is 12.8. The van der Waals surface area contributed by atoms with Crippen molar-refractivity contribution in [1.82, 2.24) is 4.90 Å². The standard InChI is InChI=1S/C16H22FNO3/c1-11-4-5-12(8-13(11)17)14(19)6-7-18-9-15(20-2)16(10-18)21-3/h4-5,8,15-16H,6-7,9-10H2,1-3H3. The molecule has 0 saturated carbocycles. The molecule has 2 atom stereocenters. The van der Waals surface area contributed by atoms with E-state index in [0.717, 1.165) is 13.1 Å². The number of Topliss-reactive ketones (excluding diaryl/α,β-unsaturated/α-hetero) is 1. The first-order chi connectivity index (χ1) is 10.0. The van der Waals surface area contributed by atoms with Gasteiger partial charge < -0.3 is 9.47 Å². The van der Waals surface area contributed by atoms with Gasteiger partial charge in [-0.05, 0) is 18.6 Å². The van der Waals surface area contributed by atoms with Crippen molar-refractivity contribution in [3.63, 3.8) is 0 Å². The molecule has 5 heteroatoms. The third kappa shape index (κ3) is 3.87. The van der Waals surface area contributed by atoms with Crippen LogP contribution in [0, 0.1) is 12.7 Å². The Morgan fingerprint density at radius 1 is 1.29 bits per heavy atom. The number of hydrogen-bond donors (Lipinski definition) is 0. The van der Waals surface area contributed by atoms with E-state index in [9.17, 15) is 9.18 Å². The lowest BCUT2D eigenvalue weighted by molar-refractivity contribution is -0.00461. The van der Waals surface area contributed by atoms with Crippen molar-refractivity contribution >= 4 is 5.78 Å². The summed E-state index contributed by atoms with van der Waals surface area (Å²) >= 11 is 0. The number of carbonyl (C=O) groups is 1. The first-order valence-corrected chi connectivity index (χ1v) is 7.12. The van der Waals surface area contributed by atoms with Gasteiger partial charge in [0.05, 0.1) is 12.2 Å². The van der Waals surface area contributed by atoms with Crippen LogP contribution < -0.4 is 0 Å². The minimum atomic E-state index is -0.332. The van der Waals surface area contributed by atoms with Gasteiger partial charge in [0.25, 0.3) is 0 Å². The van der Waals surface area contributed by atoms with Crippen LogP contribution in [0.25, 0.3) is 0 Å². The normalized spacial score (nSPS) is 22.7. The average Bonchev–Trinajstić information content (AvgIpc) is 2.90. The lowest BCUT2D eigenvalue weighted by Crippen LogP contribution is -2.27. The van der Waals surface area contributed by atoms with Crippen molar-refractivity contribution in [3.05, 3.63) is 35.1 Å². The topological polar surface area (TPSA) is 38.8 Å². The molecule has 4 nitrogen and oxygen atoms in total. The van der Waals surface area contributed by atoms with E-state index in [-0.39, 0.29) is 23.8 Å². The molecule has 0 spiro atoms. The molecule has 1 aliphatic heterocycles. The van der Waals surface area contributed by atoms with Crippen molar-refractivity contribution in [2.24, 2.45) is 0 Å². The van der Waals surface area contributed by atoms with Crippen LogP contribution in [0.2, 0.25) is 0 Å². The zero-order valence-corrected chi connectivity index (χ0v) is 12.8. The molecule has 21 heavy (non-hydrogen) atoms. The molecule has 0 bridgehead atoms. The average molecular weight is 295 g/mol. The minimum absolute atomic E-state index is 0.0382. The molecule has 0 amide bonds.